The van der Waals surface area contributed by atoms with Crippen LogP contribution in [0.4, 0.5) is 0 Å². The smallest absolute Gasteiger partial charge is 0.237 e. The molecule has 6 rings (SSSR count). The van der Waals surface area contributed by atoms with Gasteiger partial charge >= 0.3 is 0 Å². The van der Waals surface area contributed by atoms with Crippen molar-refractivity contribution in [2.45, 2.75) is 64.6 Å². The van der Waals surface area contributed by atoms with Crippen molar-refractivity contribution in [3.63, 3.8) is 0 Å². The molecule has 2 aromatic rings. The maximum absolute atomic E-state index is 14.0. The Bertz CT molecular complexity index is 1370. The molecule has 0 radical (unpaired) electrons. The number of aryl methyl sites for hydroxylation is 1. The molecule has 4 heterocycles. The van der Waals surface area contributed by atoms with E-state index in [-0.39, 0.29) is 28.9 Å². The monoisotopic (exact) mass is 530 g/mol. The number of allylic oxidation sites excluding steroid dienone is 4. The molecule has 1 spiro atoms. The number of amides is 1. The number of piperidine rings is 1. The molecule has 2 aromatic heterocycles. The van der Waals surface area contributed by atoms with Crippen LogP contribution >= 0.6 is 11.3 Å². The summed E-state index contributed by atoms with van der Waals surface area (Å²) in [6, 6.07) is 3.65. The van der Waals surface area contributed by atoms with Crippen LogP contribution in [0.5, 0.6) is 0 Å². The van der Waals surface area contributed by atoms with Gasteiger partial charge in [-0.15, -0.1) is 16.4 Å². The van der Waals surface area contributed by atoms with Crippen molar-refractivity contribution >= 4 is 17.2 Å². The van der Waals surface area contributed by atoms with Gasteiger partial charge in [-0.25, -0.2) is 0 Å². The lowest BCUT2D eigenvalue weighted by Crippen LogP contribution is -2.59. The number of rotatable bonds is 6. The van der Waals surface area contributed by atoms with Crippen LogP contribution in [-0.2, 0) is 11.3 Å². The summed E-state index contributed by atoms with van der Waals surface area (Å²) < 4.78 is 1.79. The number of nitriles is 1. The fourth-order valence-electron chi connectivity index (χ4n) is 7.77. The van der Waals surface area contributed by atoms with Crippen molar-refractivity contribution in [3.05, 3.63) is 59.8 Å². The maximum Gasteiger partial charge on any atom is 0.237 e. The largest absolute Gasteiger partial charge is 0.393 e. The van der Waals surface area contributed by atoms with E-state index in [0.29, 0.717) is 37.5 Å². The molecular weight excluding hydrogens is 496 g/mol. The Morgan fingerprint density at radius 2 is 2.26 bits per heavy atom. The molecule has 4 fully saturated rings. The minimum absolute atomic E-state index is 0.0500. The molecule has 2 aliphatic carbocycles. The van der Waals surface area contributed by atoms with E-state index in [4.69, 9.17) is 0 Å². The number of carbonyl (C=O) groups excluding carboxylic acids is 1. The summed E-state index contributed by atoms with van der Waals surface area (Å²) >= 11 is 1.61. The molecule has 38 heavy (non-hydrogen) atoms. The van der Waals surface area contributed by atoms with Crippen LogP contribution in [0, 0.1) is 33.6 Å². The average molecular weight is 531 g/mol. The Kier molecular flexibility index (Phi) is 5.89. The standard InChI is InChI=1S/C29H34N6O2S/c1-4-5-7-21-19(2)29(26(37)31-21,11-12-35-16-22(32-33-35)23-8-6-13-38-23)24-14-28-17-27(28,3)25(36)10-9-20(28)15-34(24)18-30/h4-8,13,16,20,24-25,36H,2,9-12,14-15,17H2,1,3H3,(H,31,37)/b5-4-,21-7+/t20-,24-,25-,27-,28+,29-/m0/s1. The number of carbonyl (C=O) groups is 1. The van der Waals surface area contributed by atoms with Crippen molar-refractivity contribution in [1.29, 1.82) is 5.26 Å². The number of likely N-dealkylation sites (tertiary alicyclic amines) is 1. The summed E-state index contributed by atoms with van der Waals surface area (Å²) in [6.45, 7) is 9.66. The van der Waals surface area contributed by atoms with Crippen molar-refractivity contribution in [2.75, 3.05) is 6.54 Å². The lowest BCUT2D eigenvalue weighted by molar-refractivity contribution is -0.133. The zero-order valence-corrected chi connectivity index (χ0v) is 22.7. The van der Waals surface area contributed by atoms with Gasteiger partial charge in [-0.2, -0.15) is 5.26 Å². The fraction of sp³-hybridized carbons (Fsp3) is 0.517. The van der Waals surface area contributed by atoms with Crippen LogP contribution in [0.2, 0.25) is 0 Å². The second-order valence-electron chi connectivity index (χ2n) is 11.6. The van der Waals surface area contributed by atoms with Crippen LogP contribution in [0.25, 0.3) is 10.6 Å². The highest BCUT2D eigenvalue weighted by Gasteiger charge is 2.75. The van der Waals surface area contributed by atoms with Gasteiger partial charge in [-0.1, -0.05) is 36.9 Å². The Balaban J connectivity index is 1.37. The molecule has 2 saturated heterocycles. The summed E-state index contributed by atoms with van der Waals surface area (Å²) in [6.07, 6.45) is 13.5. The first kappa shape index (κ1) is 25.1. The summed E-state index contributed by atoms with van der Waals surface area (Å²) in [5, 5.41) is 35.0. The van der Waals surface area contributed by atoms with Gasteiger partial charge in [0, 0.05) is 24.2 Å². The number of aromatic nitrogens is 3. The summed E-state index contributed by atoms with van der Waals surface area (Å²) in [5.74, 6) is 0.235. The minimum atomic E-state index is -0.996. The van der Waals surface area contributed by atoms with Crippen molar-refractivity contribution in [1.82, 2.24) is 25.2 Å². The highest BCUT2D eigenvalue weighted by Crippen LogP contribution is 2.77. The number of nitrogens with zero attached hydrogens (tertiary/aromatic N) is 5. The molecule has 8 nitrogen and oxygen atoms in total. The van der Waals surface area contributed by atoms with Crippen LogP contribution in [0.3, 0.4) is 0 Å². The van der Waals surface area contributed by atoms with Gasteiger partial charge in [0.25, 0.3) is 0 Å². The van der Waals surface area contributed by atoms with E-state index >= 15 is 0 Å². The van der Waals surface area contributed by atoms with E-state index in [0.717, 1.165) is 35.4 Å². The Hall–Kier alpha value is -3.22. The second-order valence-corrected chi connectivity index (χ2v) is 12.6. The molecule has 6 atom stereocenters. The third kappa shape index (κ3) is 3.46. The topological polar surface area (TPSA) is 107 Å². The third-order valence-electron chi connectivity index (χ3n) is 10.1. The molecule has 198 valence electrons. The highest BCUT2D eigenvalue weighted by atomic mass is 32.1. The van der Waals surface area contributed by atoms with Crippen LogP contribution in [0.1, 0.15) is 46.0 Å². The average Bonchev–Trinajstić information content (AvgIpc) is 3.37. The predicted molar refractivity (Wildman–Crippen MR) is 145 cm³/mol. The van der Waals surface area contributed by atoms with Crippen molar-refractivity contribution in [2.24, 2.45) is 22.2 Å². The molecule has 9 heteroatoms. The first-order chi connectivity index (χ1) is 18.3. The summed E-state index contributed by atoms with van der Waals surface area (Å²) in [4.78, 5) is 16.9. The van der Waals surface area contributed by atoms with Crippen LogP contribution in [0.15, 0.2) is 59.8 Å². The van der Waals surface area contributed by atoms with E-state index in [1.807, 2.05) is 53.8 Å². The minimum Gasteiger partial charge on any atom is -0.393 e. The summed E-state index contributed by atoms with van der Waals surface area (Å²) in [5.41, 5.74) is 1.03. The zero-order valence-electron chi connectivity index (χ0n) is 21.9. The van der Waals surface area contributed by atoms with Crippen LogP contribution in [-0.4, -0.2) is 49.6 Å². The Labute approximate surface area is 227 Å². The summed E-state index contributed by atoms with van der Waals surface area (Å²) in [7, 11) is 0. The molecule has 0 aromatic carbocycles. The van der Waals surface area contributed by atoms with Gasteiger partial charge in [0.15, 0.2) is 6.19 Å². The molecule has 1 amide bonds. The van der Waals surface area contributed by atoms with E-state index in [2.05, 4.69) is 35.3 Å². The lowest BCUT2D eigenvalue weighted by Gasteiger charge is -2.52. The quantitative estimate of drug-likeness (QED) is 0.541. The zero-order chi connectivity index (χ0) is 26.7. The van der Waals surface area contributed by atoms with E-state index < -0.39 is 5.41 Å². The number of aliphatic hydroxyl groups is 1. The van der Waals surface area contributed by atoms with Gasteiger partial charge in [0.2, 0.25) is 5.91 Å². The molecule has 2 N–H and O–H groups in total. The van der Waals surface area contributed by atoms with Gasteiger partial charge in [0.05, 0.1) is 28.6 Å². The molecule has 2 saturated carbocycles. The number of nitrogens with one attached hydrogen (secondary N) is 1. The first-order valence-electron chi connectivity index (χ1n) is 13.4. The van der Waals surface area contributed by atoms with Gasteiger partial charge in [0.1, 0.15) is 5.69 Å². The number of hydrogen-bond donors (Lipinski definition) is 2. The van der Waals surface area contributed by atoms with Gasteiger partial charge in [-0.05, 0) is 73.5 Å². The van der Waals surface area contributed by atoms with E-state index in [9.17, 15) is 15.2 Å². The number of hydrogen-bond acceptors (Lipinski definition) is 7. The lowest BCUT2D eigenvalue weighted by atomic mass is 9.60. The van der Waals surface area contributed by atoms with Gasteiger partial charge < -0.3 is 15.3 Å². The Morgan fingerprint density at radius 1 is 1.42 bits per heavy atom. The molecule has 0 unspecified atom stereocenters. The predicted octanol–water partition coefficient (Wildman–Crippen LogP) is 4.25. The molecule has 0 bridgehead atoms. The second kappa shape index (κ2) is 8.92. The first-order valence-corrected chi connectivity index (χ1v) is 14.3. The maximum atomic E-state index is 14.0. The number of thiophene rings is 1. The Morgan fingerprint density at radius 3 is 3.00 bits per heavy atom. The third-order valence-corrected chi connectivity index (χ3v) is 11.0. The van der Waals surface area contributed by atoms with Crippen molar-refractivity contribution < 1.29 is 9.90 Å². The van der Waals surface area contributed by atoms with E-state index in [1.165, 1.54) is 0 Å². The van der Waals surface area contributed by atoms with Crippen LogP contribution < -0.4 is 5.32 Å². The molecule has 4 aliphatic rings. The SMILES string of the molecule is C=C1/C(=C\C=C/C)NC(=O)[C@]1(CCn1cc(-c2cccs2)nn1)[C@@H]1C[C@]23C[C@@]2(C)[C@@H](O)CC[C@H]3CN1C#N. The molecular formula is C29H34N6O2S. The molecule has 2 aliphatic heterocycles. The normalized spacial score (nSPS) is 37.3. The highest BCUT2D eigenvalue weighted by molar-refractivity contribution is 7.13. The van der Waals surface area contributed by atoms with E-state index in [1.54, 1.807) is 16.0 Å². The fourth-order valence-corrected chi connectivity index (χ4v) is 8.45. The van der Waals surface area contributed by atoms with Gasteiger partial charge in [-0.3, -0.25) is 9.48 Å². The van der Waals surface area contributed by atoms with Crippen molar-refractivity contribution in [3.8, 4) is 16.8 Å². The number of aliphatic hydroxyl groups excluding tert-OH is 1.